The third kappa shape index (κ3) is 6.87. The molecule has 42 heavy (non-hydrogen) atoms. The number of hydrogen-bond donors (Lipinski definition) is 0. The molecule has 0 aromatic heterocycles. The van der Waals surface area contributed by atoms with E-state index in [0.29, 0.717) is 0 Å². The molecule has 2 aliphatic heterocycles. The first-order valence-corrected chi connectivity index (χ1v) is 16.1. The molecule has 4 unspecified atom stereocenters. The molecule has 4 atom stereocenters. The lowest BCUT2D eigenvalue weighted by molar-refractivity contribution is -0.0307. The number of hydrogen-bond acceptors (Lipinski definition) is 2. The lowest BCUT2D eigenvalue weighted by Gasteiger charge is -2.42. The van der Waals surface area contributed by atoms with Crippen molar-refractivity contribution in [2.75, 3.05) is 0 Å². The number of epoxide rings is 1. The zero-order valence-electron chi connectivity index (χ0n) is 28.1. The average Bonchev–Trinajstić information content (AvgIpc) is 3.37. The van der Waals surface area contributed by atoms with Gasteiger partial charge < -0.3 is 9.47 Å². The van der Waals surface area contributed by atoms with Crippen LogP contribution in [0.3, 0.4) is 0 Å². The second-order valence-electron chi connectivity index (χ2n) is 15.0. The van der Waals surface area contributed by atoms with Gasteiger partial charge in [0.05, 0.1) is 17.3 Å². The zero-order valence-corrected chi connectivity index (χ0v) is 28.1. The van der Waals surface area contributed by atoms with Crippen LogP contribution >= 0.6 is 0 Å². The smallest absolute Gasteiger partial charge is 0.121 e. The molecular weight excluding hydrogens is 512 g/mol. The molecule has 0 aromatic rings. The summed E-state index contributed by atoms with van der Waals surface area (Å²) in [6, 6.07) is 0. The first-order chi connectivity index (χ1) is 19.6. The lowest BCUT2D eigenvalue weighted by Crippen LogP contribution is -2.41. The van der Waals surface area contributed by atoms with E-state index in [1.54, 1.807) is 0 Å². The lowest BCUT2D eigenvalue weighted by atomic mass is 9.64. The summed E-state index contributed by atoms with van der Waals surface area (Å²) in [5.41, 5.74) is 6.66. The van der Waals surface area contributed by atoms with E-state index >= 15 is 0 Å². The Morgan fingerprint density at radius 1 is 0.690 bits per heavy atom. The topological polar surface area (TPSA) is 21.8 Å². The van der Waals surface area contributed by atoms with Crippen molar-refractivity contribution in [2.45, 2.75) is 131 Å². The number of rotatable bonds is 9. The standard InChI is InChI=1S/C40H56O2/c1-30(19-13-20-32(3)23-28-40-37(7,8)25-16-27-39(40,10)42-40)17-11-12-18-31(2)21-14-22-33(4)34-29-35-36(5,6)24-15-26-38(35,9)41-34/h11-14,17-23,28-29,34H,15-16,24-27H2,1-10H3/b12-11-,19-13+,21-14+,28-23-,30-17+,31-18+,32-20-,33-22-. The first kappa shape index (κ1) is 32.5. The van der Waals surface area contributed by atoms with E-state index in [2.05, 4.69) is 148 Å². The van der Waals surface area contributed by atoms with E-state index in [1.165, 1.54) is 53.5 Å². The summed E-state index contributed by atoms with van der Waals surface area (Å²) in [5, 5.41) is 0. The highest BCUT2D eigenvalue weighted by Gasteiger charge is 2.73. The van der Waals surface area contributed by atoms with Crippen LogP contribution in [0.1, 0.15) is 108 Å². The third-order valence-corrected chi connectivity index (χ3v) is 10.3. The van der Waals surface area contributed by atoms with Crippen molar-refractivity contribution in [3.63, 3.8) is 0 Å². The van der Waals surface area contributed by atoms with Gasteiger partial charge in [0.25, 0.3) is 0 Å². The van der Waals surface area contributed by atoms with Gasteiger partial charge >= 0.3 is 0 Å². The van der Waals surface area contributed by atoms with Crippen LogP contribution in [-0.4, -0.2) is 22.9 Å². The van der Waals surface area contributed by atoms with Crippen molar-refractivity contribution in [2.24, 2.45) is 10.8 Å². The summed E-state index contributed by atoms with van der Waals surface area (Å²) in [6.45, 7) is 22.6. The Balaban J connectivity index is 1.26. The summed E-state index contributed by atoms with van der Waals surface area (Å²) in [6.07, 6.45) is 35.8. The molecule has 228 valence electrons. The van der Waals surface area contributed by atoms with Gasteiger partial charge in [0.15, 0.2) is 0 Å². The van der Waals surface area contributed by atoms with Crippen molar-refractivity contribution in [1.29, 1.82) is 0 Å². The van der Waals surface area contributed by atoms with Crippen molar-refractivity contribution < 1.29 is 9.47 Å². The minimum atomic E-state index is -0.107. The molecule has 2 nitrogen and oxygen atoms in total. The van der Waals surface area contributed by atoms with Gasteiger partial charge in [-0.15, -0.1) is 0 Å². The Bertz CT molecular complexity index is 1300. The molecule has 2 saturated carbocycles. The number of allylic oxidation sites excluding steroid dienone is 14. The van der Waals surface area contributed by atoms with E-state index in [-0.39, 0.29) is 33.7 Å². The molecular formula is C40H56O2. The van der Waals surface area contributed by atoms with E-state index in [4.69, 9.17) is 9.47 Å². The van der Waals surface area contributed by atoms with Crippen LogP contribution in [0.4, 0.5) is 0 Å². The SMILES string of the molecule is CC(/C=C\C12OC1(C)CCCC2(C)C)=C/C=C/C(C)=C/C=C\C=C(C)\C=C\C=C(\C)C1C=C2C(C)(C)CCCC2(C)O1. The van der Waals surface area contributed by atoms with Crippen LogP contribution in [0.5, 0.6) is 0 Å². The van der Waals surface area contributed by atoms with Crippen molar-refractivity contribution >= 4 is 0 Å². The molecule has 3 fully saturated rings. The fourth-order valence-corrected chi connectivity index (χ4v) is 7.61. The normalized spacial score (nSPS) is 35.4. The molecule has 2 heterocycles. The summed E-state index contributed by atoms with van der Waals surface area (Å²) in [7, 11) is 0. The van der Waals surface area contributed by atoms with Gasteiger partial charge in [0.1, 0.15) is 5.60 Å². The molecule has 4 aliphatic rings. The summed E-state index contributed by atoms with van der Waals surface area (Å²) < 4.78 is 12.9. The maximum atomic E-state index is 6.56. The second-order valence-corrected chi connectivity index (χ2v) is 15.0. The zero-order chi connectivity index (χ0) is 30.8. The minimum Gasteiger partial charge on any atom is -0.359 e. The fourth-order valence-electron chi connectivity index (χ4n) is 7.61. The van der Waals surface area contributed by atoms with Gasteiger partial charge in [-0.1, -0.05) is 111 Å². The molecule has 4 rings (SSSR count). The van der Waals surface area contributed by atoms with Crippen LogP contribution in [0.15, 0.2) is 107 Å². The molecule has 2 heteroatoms. The van der Waals surface area contributed by atoms with Gasteiger partial charge in [0, 0.05) is 5.41 Å². The van der Waals surface area contributed by atoms with Gasteiger partial charge in [-0.2, -0.15) is 0 Å². The Morgan fingerprint density at radius 3 is 1.88 bits per heavy atom. The molecule has 0 spiro atoms. The summed E-state index contributed by atoms with van der Waals surface area (Å²) >= 11 is 0. The molecule has 0 amide bonds. The summed E-state index contributed by atoms with van der Waals surface area (Å²) in [5.74, 6) is 0. The van der Waals surface area contributed by atoms with Crippen molar-refractivity contribution in [1.82, 2.24) is 0 Å². The molecule has 2 aliphatic carbocycles. The Labute approximate surface area is 257 Å². The molecule has 0 bridgehead atoms. The van der Waals surface area contributed by atoms with Crippen LogP contribution in [0, 0.1) is 10.8 Å². The van der Waals surface area contributed by atoms with E-state index in [0.717, 1.165) is 12.8 Å². The first-order valence-electron chi connectivity index (χ1n) is 16.1. The van der Waals surface area contributed by atoms with Crippen molar-refractivity contribution in [3.05, 3.63) is 107 Å². The monoisotopic (exact) mass is 568 g/mol. The maximum Gasteiger partial charge on any atom is 0.121 e. The Morgan fingerprint density at radius 2 is 1.26 bits per heavy atom. The van der Waals surface area contributed by atoms with Gasteiger partial charge in [-0.25, -0.2) is 0 Å². The minimum absolute atomic E-state index is 0.0166. The predicted octanol–water partition coefficient (Wildman–Crippen LogP) is 11.0. The third-order valence-electron chi connectivity index (χ3n) is 10.3. The van der Waals surface area contributed by atoms with E-state index < -0.39 is 0 Å². The highest BCUT2D eigenvalue weighted by molar-refractivity contribution is 5.38. The van der Waals surface area contributed by atoms with Crippen LogP contribution in [-0.2, 0) is 9.47 Å². The predicted molar refractivity (Wildman–Crippen MR) is 180 cm³/mol. The fraction of sp³-hybridized carbons (Fsp3) is 0.550. The van der Waals surface area contributed by atoms with E-state index in [1.807, 2.05) is 0 Å². The quantitative estimate of drug-likeness (QED) is 0.157. The average molecular weight is 569 g/mol. The molecule has 0 radical (unpaired) electrons. The second kappa shape index (κ2) is 12.3. The molecule has 0 aromatic carbocycles. The highest BCUT2D eigenvalue weighted by atomic mass is 16.6. The largest absolute Gasteiger partial charge is 0.359 e. The maximum absolute atomic E-state index is 6.56. The van der Waals surface area contributed by atoms with Gasteiger partial charge in [-0.05, 0) is 109 Å². The van der Waals surface area contributed by atoms with Crippen LogP contribution in [0.2, 0.25) is 0 Å². The molecule has 0 N–H and O–H groups in total. The van der Waals surface area contributed by atoms with Crippen LogP contribution < -0.4 is 0 Å². The number of ether oxygens (including phenoxy) is 2. The van der Waals surface area contributed by atoms with Crippen molar-refractivity contribution in [3.8, 4) is 0 Å². The Hall–Kier alpha value is -2.42. The summed E-state index contributed by atoms with van der Waals surface area (Å²) in [4.78, 5) is 0. The molecule has 1 saturated heterocycles. The van der Waals surface area contributed by atoms with Gasteiger partial charge in [-0.3, -0.25) is 0 Å². The van der Waals surface area contributed by atoms with Crippen LogP contribution in [0.25, 0.3) is 0 Å². The highest BCUT2D eigenvalue weighted by Crippen LogP contribution is 2.66. The van der Waals surface area contributed by atoms with E-state index in [9.17, 15) is 0 Å². The number of fused-ring (bicyclic) bond motifs is 2. The van der Waals surface area contributed by atoms with Gasteiger partial charge in [0.2, 0.25) is 0 Å². The Kier molecular flexibility index (Phi) is 9.51.